The molecule has 3 nitrogen and oxygen atoms in total. The van der Waals surface area contributed by atoms with E-state index in [-0.39, 0.29) is 16.9 Å². The molecule has 1 saturated carbocycles. The van der Waals surface area contributed by atoms with Crippen LogP contribution in [0.2, 0.25) is 0 Å². The molecule has 0 heterocycles. The monoisotopic (exact) mass is 325 g/mol. The SMILES string of the molecule is Cc1cc(C)c(-c2c(N[C@@H]3CCC[C@@H](C)[C@@H]3C)c(=O)c2=O)cc1C. The van der Waals surface area contributed by atoms with Crippen LogP contribution in [-0.2, 0) is 0 Å². The van der Waals surface area contributed by atoms with Gasteiger partial charge in [0.05, 0.1) is 11.3 Å². The number of anilines is 1. The molecule has 1 N–H and O–H groups in total. The number of aryl methyl sites for hydroxylation is 3. The van der Waals surface area contributed by atoms with Crippen LogP contribution in [0.1, 0.15) is 49.8 Å². The predicted octanol–water partition coefficient (Wildman–Crippen LogP) is 4.11. The highest BCUT2D eigenvalue weighted by molar-refractivity contribution is 5.84. The summed E-state index contributed by atoms with van der Waals surface area (Å²) in [6.45, 7) is 10.6. The molecule has 0 aliphatic heterocycles. The normalized spacial score (nSPS) is 24.3. The van der Waals surface area contributed by atoms with E-state index in [1.165, 1.54) is 18.4 Å². The Labute approximate surface area is 143 Å². The molecule has 3 heteroatoms. The van der Waals surface area contributed by atoms with Gasteiger partial charge < -0.3 is 5.32 Å². The van der Waals surface area contributed by atoms with Gasteiger partial charge in [-0.05, 0) is 61.3 Å². The lowest BCUT2D eigenvalue weighted by Gasteiger charge is -2.35. The van der Waals surface area contributed by atoms with Crippen LogP contribution in [0.3, 0.4) is 0 Å². The zero-order valence-corrected chi connectivity index (χ0v) is 15.3. The summed E-state index contributed by atoms with van der Waals surface area (Å²) in [5.74, 6) is 1.16. The minimum absolute atomic E-state index is 0.280. The summed E-state index contributed by atoms with van der Waals surface area (Å²) < 4.78 is 0. The van der Waals surface area contributed by atoms with Crippen molar-refractivity contribution >= 4 is 5.69 Å². The molecule has 1 aliphatic carbocycles. The van der Waals surface area contributed by atoms with Gasteiger partial charge in [-0.1, -0.05) is 38.8 Å². The smallest absolute Gasteiger partial charge is 0.250 e. The topological polar surface area (TPSA) is 46.2 Å². The Morgan fingerprint density at radius 2 is 1.58 bits per heavy atom. The van der Waals surface area contributed by atoms with Gasteiger partial charge in [-0.15, -0.1) is 0 Å². The van der Waals surface area contributed by atoms with Crippen molar-refractivity contribution in [1.82, 2.24) is 0 Å². The number of hydrogen-bond acceptors (Lipinski definition) is 3. The molecule has 2 aromatic rings. The van der Waals surface area contributed by atoms with Crippen LogP contribution in [0.5, 0.6) is 0 Å². The van der Waals surface area contributed by atoms with Gasteiger partial charge in [-0.3, -0.25) is 9.59 Å². The van der Waals surface area contributed by atoms with Crippen LogP contribution < -0.4 is 16.2 Å². The lowest BCUT2D eigenvalue weighted by atomic mass is 9.77. The van der Waals surface area contributed by atoms with Gasteiger partial charge in [0.2, 0.25) is 10.9 Å². The molecule has 0 aromatic heterocycles. The molecule has 24 heavy (non-hydrogen) atoms. The molecule has 128 valence electrons. The fourth-order valence-electron chi connectivity index (χ4n) is 3.99. The van der Waals surface area contributed by atoms with Gasteiger partial charge in [0.1, 0.15) is 0 Å². The summed E-state index contributed by atoms with van der Waals surface area (Å²) in [6, 6.07) is 4.41. The number of benzene rings is 1. The average Bonchev–Trinajstić information content (AvgIpc) is 2.55. The Hall–Kier alpha value is -1.90. The van der Waals surface area contributed by atoms with Crippen LogP contribution in [-0.4, -0.2) is 6.04 Å². The van der Waals surface area contributed by atoms with E-state index >= 15 is 0 Å². The summed E-state index contributed by atoms with van der Waals surface area (Å²) in [7, 11) is 0. The van der Waals surface area contributed by atoms with Crippen LogP contribution in [0.4, 0.5) is 5.69 Å². The maximum Gasteiger partial charge on any atom is 0.250 e. The fraction of sp³-hybridized carbons (Fsp3) is 0.524. The molecule has 0 saturated heterocycles. The third-order valence-electron chi connectivity index (χ3n) is 6.06. The van der Waals surface area contributed by atoms with Crippen LogP contribution >= 0.6 is 0 Å². The molecule has 1 fully saturated rings. The second-order valence-corrected chi connectivity index (χ2v) is 7.68. The van der Waals surface area contributed by atoms with Crippen molar-refractivity contribution in [3.63, 3.8) is 0 Å². The Morgan fingerprint density at radius 1 is 0.917 bits per heavy atom. The van der Waals surface area contributed by atoms with Crippen LogP contribution in [0, 0.1) is 32.6 Å². The third kappa shape index (κ3) is 2.70. The zero-order chi connectivity index (χ0) is 17.6. The van der Waals surface area contributed by atoms with E-state index in [2.05, 4.69) is 32.2 Å². The highest BCUT2D eigenvalue weighted by Crippen LogP contribution is 2.34. The van der Waals surface area contributed by atoms with E-state index < -0.39 is 0 Å². The molecule has 0 spiro atoms. The molecule has 0 amide bonds. The molecule has 3 rings (SSSR count). The van der Waals surface area contributed by atoms with E-state index in [1.807, 2.05) is 19.9 Å². The molecule has 0 unspecified atom stereocenters. The van der Waals surface area contributed by atoms with E-state index in [0.29, 0.717) is 23.1 Å². The highest BCUT2D eigenvalue weighted by atomic mass is 16.2. The Morgan fingerprint density at radius 3 is 2.29 bits per heavy atom. The van der Waals surface area contributed by atoms with Crippen LogP contribution in [0.25, 0.3) is 11.1 Å². The van der Waals surface area contributed by atoms with Gasteiger partial charge in [0.25, 0.3) is 0 Å². The van der Waals surface area contributed by atoms with Gasteiger partial charge in [0, 0.05) is 6.04 Å². The summed E-state index contributed by atoms with van der Waals surface area (Å²) >= 11 is 0. The van der Waals surface area contributed by atoms with Crippen molar-refractivity contribution in [3.8, 4) is 11.1 Å². The summed E-state index contributed by atoms with van der Waals surface area (Å²) in [5.41, 5.74) is 4.74. The van der Waals surface area contributed by atoms with Gasteiger partial charge in [-0.25, -0.2) is 0 Å². The van der Waals surface area contributed by atoms with Crippen molar-refractivity contribution in [3.05, 3.63) is 49.3 Å². The molecular formula is C21H27NO2. The molecule has 3 atom stereocenters. The molecule has 0 radical (unpaired) electrons. The van der Waals surface area contributed by atoms with Gasteiger partial charge in [0.15, 0.2) is 0 Å². The molecule has 2 aromatic carbocycles. The number of nitrogens with one attached hydrogen (secondary N) is 1. The predicted molar refractivity (Wildman–Crippen MR) is 101 cm³/mol. The number of rotatable bonds is 3. The third-order valence-corrected chi connectivity index (χ3v) is 6.06. The fourth-order valence-corrected chi connectivity index (χ4v) is 3.99. The Balaban J connectivity index is 1.98. The minimum atomic E-state index is -0.354. The average molecular weight is 325 g/mol. The lowest BCUT2D eigenvalue weighted by molar-refractivity contribution is 0.253. The van der Waals surface area contributed by atoms with Crippen molar-refractivity contribution in [2.24, 2.45) is 11.8 Å². The standard InChI is InChI=1S/C21H27NO2/c1-11-7-6-8-17(15(11)5)22-19-18(20(23)21(19)24)16-10-13(3)12(2)9-14(16)4/h9-11,15,17,22H,6-8H2,1-5H3/t11-,15+,17-/m1/s1. The summed E-state index contributed by atoms with van der Waals surface area (Å²) in [5, 5.41) is 3.43. The minimum Gasteiger partial charge on any atom is -0.378 e. The number of hydrogen-bond donors (Lipinski definition) is 1. The Kier molecular flexibility index (Phi) is 4.37. The molecule has 1 aliphatic rings. The largest absolute Gasteiger partial charge is 0.378 e. The van der Waals surface area contributed by atoms with E-state index in [0.717, 1.165) is 23.1 Å². The molecule has 0 bridgehead atoms. The van der Waals surface area contributed by atoms with Crippen molar-refractivity contribution in [2.75, 3.05) is 5.32 Å². The summed E-state index contributed by atoms with van der Waals surface area (Å²) in [6.07, 6.45) is 3.49. The second kappa shape index (κ2) is 6.19. The lowest BCUT2D eigenvalue weighted by Crippen LogP contribution is -2.42. The first-order valence-electron chi connectivity index (χ1n) is 8.99. The first-order valence-corrected chi connectivity index (χ1v) is 8.99. The quantitative estimate of drug-likeness (QED) is 0.864. The first kappa shape index (κ1) is 16.9. The summed E-state index contributed by atoms with van der Waals surface area (Å²) in [4.78, 5) is 24.5. The van der Waals surface area contributed by atoms with Gasteiger partial charge in [-0.2, -0.15) is 0 Å². The second-order valence-electron chi connectivity index (χ2n) is 7.68. The van der Waals surface area contributed by atoms with Crippen LogP contribution in [0.15, 0.2) is 21.7 Å². The maximum atomic E-state index is 12.3. The van der Waals surface area contributed by atoms with E-state index in [1.54, 1.807) is 0 Å². The Bertz CT molecular complexity index is 842. The van der Waals surface area contributed by atoms with Gasteiger partial charge >= 0.3 is 0 Å². The molecular weight excluding hydrogens is 298 g/mol. The maximum absolute atomic E-state index is 12.3. The van der Waals surface area contributed by atoms with E-state index in [4.69, 9.17) is 0 Å². The highest BCUT2D eigenvalue weighted by Gasteiger charge is 2.31. The zero-order valence-electron chi connectivity index (χ0n) is 15.3. The van der Waals surface area contributed by atoms with Crippen molar-refractivity contribution in [1.29, 1.82) is 0 Å². The first-order chi connectivity index (χ1) is 11.3. The van der Waals surface area contributed by atoms with E-state index in [9.17, 15) is 9.59 Å². The van der Waals surface area contributed by atoms with Crippen molar-refractivity contribution in [2.45, 2.75) is 59.9 Å². The van der Waals surface area contributed by atoms with Crippen molar-refractivity contribution < 1.29 is 0 Å².